The minimum absolute atomic E-state index is 0.374. The molecule has 1 N–H and O–H groups in total. The highest BCUT2D eigenvalue weighted by atomic mass is 35.5. The summed E-state index contributed by atoms with van der Waals surface area (Å²) >= 11 is 18.1. The first-order chi connectivity index (χ1) is 10.1. The van der Waals surface area contributed by atoms with Crippen LogP contribution in [0.4, 0.5) is 0 Å². The van der Waals surface area contributed by atoms with Crippen LogP contribution in [0.15, 0.2) is 42.5 Å². The minimum atomic E-state index is 0.374. The number of likely N-dealkylation sites (N-methyl/N-ethyl adjacent to an activating group) is 1. The van der Waals surface area contributed by atoms with Crippen LogP contribution in [0.5, 0.6) is 0 Å². The molecule has 1 atom stereocenters. The van der Waals surface area contributed by atoms with Gasteiger partial charge in [0.05, 0.1) is 10.0 Å². The van der Waals surface area contributed by atoms with Crippen molar-refractivity contribution in [1.29, 1.82) is 0 Å². The van der Waals surface area contributed by atoms with E-state index in [1.165, 1.54) is 11.1 Å². The third kappa shape index (κ3) is 4.89. The normalized spacial score (nSPS) is 12.4. The van der Waals surface area contributed by atoms with Gasteiger partial charge in [0.15, 0.2) is 0 Å². The van der Waals surface area contributed by atoms with Gasteiger partial charge in [-0.1, -0.05) is 59.9 Å². The first-order valence-electron chi connectivity index (χ1n) is 7.00. The molecule has 0 heterocycles. The van der Waals surface area contributed by atoms with E-state index in [9.17, 15) is 0 Å². The Morgan fingerprint density at radius 3 is 2.29 bits per heavy atom. The molecule has 0 fully saturated rings. The zero-order valence-electron chi connectivity index (χ0n) is 11.9. The van der Waals surface area contributed by atoms with E-state index in [0.717, 1.165) is 24.5 Å². The Bertz CT molecular complexity index is 581. The molecule has 1 nitrogen and oxygen atoms in total. The highest BCUT2D eigenvalue weighted by Gasteiger charge is 2.13. The lowest BCUT2D eigenvalue weighted by Crippen LogP contribution is -2.22. The van der Waals surface area contributed by atoms with Gasteiger partial charge in [0, 0.05) is 17.5 Å². The molecule has 0 spiro atoms. The molecule has 0 radical (unpaired) electrons. The Morgan fingerprint density at radius 1 is 0.952 bits per heavy atom. The van der Waals surface area contributed by atoms with Crippen molar-refractivity contribution >= 4 is 34.8 Å². The molecule has 0 saturated heterocycles. The minimum Gasteiger partial charge on any atom is -0.316 e. The fourth-order valence-electron chi connectivity index (χ4n) is 2.31. The lowest BCUT2D eigenvalue weighted by atomic mass is 9.92. The Hall–Kier alpha value is -0.730. The Morgan fingerprint density at radius 2 is 1.67 bits per heavy atom. The molecule has 0 bridgehead atoms. The molecule has 0 aromatic heterocycles. The summed E-state index contributed by atoms with van der Waals surface area (Å²) in [6.07, 6.45) is 0.908. The summed E-state index contributed by atoms with van der Waals surface area (Å²) in [5, 5.41) is 5.37. The van der Waals surface area contributed by atoms with Crippen molar-refractivity contribution in [3.63, 3.8) is 0 Å². The second-order valence-electron chi connectivity index (χ2n) is 5.01. The van der Waals surface area contributed by atoms with Crippen LogP contribution < -0.4 is 5.32 Å². The third-order valence-electron chi connectivity index (χ3n) is 3.45. The van der Waals surface area contributed by atoms with Gasteiger partial charge >= 0.3 is 0 Å². The van der Waals surface area contributed by atoms with Gasteiger partial charge in [-0.15, -0.1) is 0 Å². The van der Waals surface area contributed by atoms with Crippen molar-refractivity contribution in [2.24, 2.45) is 0 Å². The predicted octanol–water partition coefficient (Wildman–Crippen LogP) is 5.58. The molecule has 2 aromatic carbocycles. The van der Waals surface area contributed by atoms with Crippen LogP contribution in [-0.2, 0) is 6.42 Å². The lowest BCUT2D eigenvalue weighted by Gasteiger charge is -2.18. The molecule has 2 rings (SSSR count). The van der Waals surface area contributed by atoms with Gasteiger partial charge in [-0.2, -0.15) is 0 Å². The van der Waals surface area contributed by atoms with Crippen LogP contribution >= 0.6 is 34.8 Å². The topological polar surface area (TPSA) is 12.0 Å². The van der Waals surface area contributed by atoms with Gasteiger partial charge < -0.3 is 5.32 Å². The second-order valence-corrected chi connectivity index (χ2v) is 6.26. The van der Waals surface area contributed by atoms with Gasteiger partial charge in [-0.05, 0) is 48.4 Å². The molecule has 112 valence electrons. The molecule has 0 aliphatic rings. The van der Waals surface area contributed by atoms with Gasteiger partial charge in [0.25, 0.3) is 0 Å². The molecule has 0 amide bonds. The molecule has 0 saturated carbocycles. The van der Waals surface area contributed by atoms with E-state index in [-0.39, 0.29) is 0 Å². The van der Waals surface area contributed by atoms with Crippen LogP contribution in [0.25, 0.3) is 0 Å². The largest absolute Gasteiger partial charge is 0.316 e. The van der Waals surface area contributed by atoms with E-state index < -0.39 is 0 Å². The van der Waals surface area contributed by atoms with E-state index in [1.54, 1.807) is 0 Å². The molecular formula is C17H18Cl3N. The standard InChI is InChI=1S/C17H18Cl3N/c1-2-21-11-14(13-4-6-15(18)7-5-13)9-12-3-8-16(19)17(20)10-12/h3-8,10,14,21H,2,9,11H2,1H3. The van der Waals surface area contributed by atoms with Crippen molar-refractivity contribution in [3.05, 3.63) is 68.7 Å². The lowest BCUT2D eigenvalue weighted by molar-refractivity contribution is 0.595. The third-order valence-corrected chi connectivity index (χ3v) is 4.44. The Kier molecular flexibility index (Phi) is 6.38. The maximum absolute atomic E-state index is 6.10. The Labute approximate surface area is 141 Å². The second kappa shape index (κ2) is 8.05. The summed E-state index contributed by atoms with van der Waals surface area (Å²) in [5.74, 6) is 0.374. The fourth-order valence-corrected chi connectivity index (χ4v) is 2.76. The van der Waals surface area contributed by atoms with E-state index in [2.05, 4.69) is 24.4 Å². The summed E-state index contributed by atoms with van der Waals surface area (Å²) in [6.45, 7) is 3.97. The van der Waals surface area contributed by atoms with Gasteiger partial charge in [-0.25, -0.2) is 0 Å². The average Bonchev–Trinajstić information content (AvgIpc) is 2.48. The number of nitrogens with one attached hydrogen (secondary N) is 1. The predicted molar refractivity (Wildman–Crippen MR) is 92.9 cm³/mol. The monoisotopic (exact) mass is 341 g/mol. The maximum atomic E-state index is 6.10. The van der Waals surface area contributed by atoms with Crippen LogP contribution in [0.2, 0.25) is 15.1 Å². The summed E-state index contributed by atoms with van der Waals surface area (Å²) in [4.78, 5) is 0. The Balaban J connectivity index is 2.19. The summed E-state index contributed by atoms with van der Waals surface area (Å²) in [6, 6.07) is 13.9. The molecule has 4 heteroatoms. The van der Waals surface area contributed by atoms with Crippen LogP contribution in [0, 0.1) is 0 Å². The van der Waals surface area contributed by atoms with E-state index in [4.69, 9.17) is 34.8 Å². The van der Waals surface area contributed by atoms with Crippen molar-refractivity contribution in [3.8, 4) is 0 Å². The van der Waals surface area contributed by atoms with E-state index in [1.807, 2.05) is 30.3 Å². The molecule has 0 aliphatic heterocycles. The van der Waals surface area contributed by atoms with Crippen LogP contribution in [0.3, 0.4) is 0 Å². The smallest absolute Gasteiger partial charge is 0.0595 e. The van der Waals surface area contributed by atoms with Crippen molar-refractivity contribution in [1.82, 2.24) is 5.32 Å². The molecule has 2 aromatic rings. The van der Waals surface area contributed by atoms with Crippen molar-refractivity contribution in [2.45, 2.75) is 19.3 Å². The summed E-state index contributed by atoms with van der Waals surface area (Å²) < 4.78 is 0. The summed E-state index contributed by atoms with van der Waals surface area (Å²) in [5.41, 5.74) is 2.45. The number of hydrogen-bond donors (Lipinski definition) is 1. The fraction of sp³-hybridized carbons (Fsp3) is 0.294. The van der Waals surface area contributed by atoms with E-state index >= 15 is 0 Å². The molecule has 1 unspecified atom stereocenters. The van der Waals surface area contributed by atoms with Gasteiger partial charge in [0.2, 0.25) is 0 Å². The van der Waals surface area contributed by atoms with Crippen LogP contribution in [0.1, 0.15) is 24.0 Å². The average molecular weight is 343 g/mol. The number of benzene rings is 2. The number of hydrogen-bond acceptors (Lipinski definition) is 1. The number of halogens is 3. The van der Waals surface area contributed by atoms with Gasteiger partial charge in [0.1, 0.15) is 0 Å². The number of rotatable bonds is 6. The highest BCUT2D eigenvalue weighted by Crippen LogP contribution is 2.27. The quantitative estimate of drug-likeness (QED) is 0.722. The molecule has 21 heavy (non-hydrogen) atoms. The molecular weight excluding hydrogens is 325 g/mol. The zero-order chi connectivity index (χ0) is 15.2. The first kappa shape index (κ1) is 16.6. The highest BCUT2D eigenvalue weighted by molar-refractivity contribution is 6.42. The van der Waals surface area contributed by atoms with Crippen LogP contribution in [-0.4, -0.2) is 13.1 Å². The summed E-state index contributed by atoms with van der Waals surface area (Å²) in [7, 11) is 0. The van der Waals surface area contributed by atoms with Crippen molar-refractivity contribution < 1.29 is 0 Å². The van der Waals surface area contributed by atoms with Crippen molar-refractivity contribution in [2.75, 3.05) is 13.1 Å². The van der Waals surface area contributed by atoms with E-state index in [0.29, 0.717) is 16.0 Å². The maximum Gasteiger partial charge on any atom is 0.0595 e. The zero-order valence-corrected chi connectivity index (χ0v) is 14.1. The van der Waals surface area contributed by atoms with Gasteiger partial charge in [-0.3, -0.25) is 0 Å². The first-order valence-corrected chi connectivity index (χ1v) is 8.13. The SMILES string of the molecule is CCNCC(Cc1ccc(Cl)c(Cl)c1)c1ccc(Cl)cc1. The molecule has 0 aliphatic carbocycles.